The molecule has 0 saturated heterocycles. The average molecular weight is 214 g/mol. The van der Waals surface area contributed by atoms with Crippen LogP contribution in [0.3, 0.4) is 0 Å². The van der Waals surface area contributed by atoms with Gasteiger partial charge in [-0.1, -0.05) is 6.07 Å². The third kappa shape index (κ3) is 4.59. The molecule has 0 aliphatic rings. The van der Waals surface area contributed by atoms with E-state index in [4.69, 9.17) is 10.2 Å². The molecule has 2 N–H and O–H groups in total. The molecule has 0 radical (unpaired) electrons. The van der Waals surface area contributed by atoms with Crippen LogP contribution in [0.1, 0.15) is 20.7 Å². The zero-order chi connectivity index (χ0) is 9.14. The molecule has 0 unspecified atom stereocenters. The van der Waals surface area contributed by atoms with Crippen LogP contribution in [0, 0.1) is 0 Å². The molecule has 0 aliphatic heterocycles. The Labute approximate surface area is 125 Å². The number of benzene rings is 1. The van der Waals surface area contributed by atoms with Gasteiger partial charge in [0.1, 0.15) is 0 Å². The standard InChI is InChI=1S/C8H6O4.2Na.2H/c9-7(10)5-2-1-3-6(4-5)8(11)12;;;;/h1-4H,(H,9,10)(H,11,12);;;;. The van der Waals surface area contributed by atoms with Crippen LogP contribution in [0.2, 0.25) is 0 Å². The van der Waals surface area contributed by atoms with Crippen molar-refractivity contribution in [3.8, 4) is 0 Å². The zero-order valence-corrected chi connectivity index (χ0v) is 6.02. The van der Waals surface area contributed by atoms with E-state index in [1.807, 2.05) is 0 Å². The van der Waals surface area contributed by atoms with Crippen molar-refractivity contribution in [2.75, 3.05) is 0 Å². The van der Waals surface area contributed by atoms with Gasteiger partial charge in [-0.3, -0.25) is 0 Å². The molecule has 1 rings (SSSR count). The molecule has 0 heterocycles. The van der Waals surface area contributed by atoms with Gasteiger partial charge in [-0.05, 0) is 18.2 Å². The number of carboxylic acids is 2. The van der Waals surface area contributed by atoms with Crippen LogP contribution in [0.5, 0.6) is 0 Å². The van der Waals surface area contributed by atoms with E-state index in [9.17, 15) is 9.59 Å². The summed E-state index contributed by atoms with van der Waals surface area (Å²) in [5.74, 6) is -2.25. The fraction of sp³-hybridized carbons (Fsp3) is 0. The first-order valence-corrected chi connectivity index (χ1v) is 3.18. The normalized spacial score (nSPS) is 8.00. The number of carbonyl (C=O) groups is 2. The van der Waals surface area contributed by atoms with Crippen LogP contribution >= 0.6 is 0 Å². The molecule has 0 bridgehead atoms. The second kappa shape index (κ2) is 7.45. The minimum atomic E-state index is -1.13. The van der Waals surface area contributed by atoms with Crippen molar-refractivity contribution in [3.05, 3.63) is 35.4 Å². The van der Waals surface area contributed by atoms with Gasteiger partial charge in [0.15, 0.2) is 0 Å². The summed E-state index contributed by atoms with van der Waals surface area (Å²) in [5.41, 5.74) is -0.0372. The molecule has 0 amide bonds. The Morgan fingerprint density at radius 2 is 1.29 bits per heavy atom. The zero-order valence-electron chi connectivity index (χ0n) is 6.02. The Hall–Kier alpha value is 0.160. The first-order valence-electron chi connectivity index (χ1n) is 3.18. The van der Waals surface area contributed by atoms with Crippen LogP contribution in [-0.4, -0.2) is 81.3 Å². The van der Waals surface area contributed by atoms with Gasteiger partial charge in [-0.15, -0.1) is 0 Å². The monoisotopic (exact) mass is 214 g/mol. The molecule has 14 heavy (non-hydrogen) atoms. The van der Waals surface area contributed by atoms with E-state index < -0.39 is 11.9 Å². The van der Waals surface area contributed by atoms with Crippen LogP contribution in [-0.2, 0) is 0 Å². The third-order valence-electron chi connectivity index (χ3n) is 1.36. The quantitative estimate of drug-likeness (QED) is 0.668. The van der Waals surface area contributed by atoms with Crippen molar-refractivity contribution >= 4 is 71.1 Å². The van der Waals surface area contributed by atoms with Gasteiger partial charge in [-0.25, -0.2) is 9.59 Å². The van der Waals surface area contributed by atoms with Crippen LogP contribution in [0.15, 0.2) is 24.3 Å². The summed E-state index contributed by atoms with van der Waals surface area (Å²) in [6.07, 6.45) is 0. The predicted octanol–water partition coefficient (Wildman–Crippen LogP) is -0.214. The molecule has 1 aromatic rings. The Balaban J connectivity index is 0. The molecule has 0 atom stereocenters. The van der Waals surface area contributed by atoms with E-state index in [0.717, 1.165) is 6.07 Å². The van der Waals surface area contributed by atoms with Gasteiger partial charge in [0.05, 0.1) is 11.1 Å². The molecule has 0 aromatic heterocycles. The molecule has 6 heteroatoms. The summed E-state index contributed by atoms with van der Waals surface area (Å²) >= 11 is 0. The van der Waals surface area contributed by atoms with E-state index in [1.165, 1.54) is 18.2 Å². The Bertz CT molecular complexity index is 309. The van der Waals surface area contributed by atoms with E-state index in [0.29, 0.717) is 0 Å². The van der Waals surface area contributed by atoms with Gasteiger partial charge in [0.2, 0.25) is 0 Å². The summed E-state index contributed by atoms with van der Waals surface area (Å²) in [6.45, 7) is 0. The number of hydrogen-bond acceptors (Lipinski definition) is 2. The van der Waals surface area contributed by atoms with Crippen molar-refractivity contribution in [3.63, 3.8) is 0 Å². The van der Waals surface area contributed by atoms with Crippen molar-refractivity contribution in [1.82, 2.24) is 0 Å². The third-order valence-corrected chi connectivity index (χ3v) is 1.36. The maximum atomic E-state index is 10.4. The van der Waals surface area contributed by atoms with Crippen molar-refractivity contribution < 1.29 is 19.8 Å². The molecule has 0 saturated carbocycles. The Kier molecular flexibility index (Phi) is 8.83. The molecular weight excluding hydrogens is 206 g/mol. The fourth-order valence-electron chi connectivity index (χ4n) is 0.785. The van der Waals surface area contributed by atoms with E-state index in [2.05, 4.69) is 0 Å². The molecule has 0 aliphatic carbocycles. The summed E-state index contributed by atoms with van der Waals surface area (Å²) in [5, 5.41) is 17.0. The van der Waals surface area contributed by atoms with Crippen molar-refractivity contribution in [2.24, 2.45) is 0 Å². The van der Waals surface area contributed by atoms with E-state index in [1.54, 1.807) is 0 Å². The van der Waals surface area contributed by atoms with Gasteiger partial charge in [-0.2, -0.15) is 0 Å². The molecule has 4 nitrogen and oxygen atoms in total. The van der Waals surface area contributed by atoms with Crippen molar-refractivity contribution in [1.29, 1.82) is 0 Å². The summed E-state index contributed by atoms with van der Waals surface area (Å²) in [7, 11) is 0. The number of carboxylic acid groups (broad SMARTS) is 2. The Morgan fingerprint density at radius 3 is 1.57 bits per heavy atom. The molecule has 66 valence electrons. The van der Waals surface area contributed by atoms with E-state index in [-0.39, 0.29) is 70.2 Å². The first kappa shape index (κ1) is 16.6. The number of hydrogen-bond donors (Lipinski definition) is 2. The summed E-state index contributed by atoms with van der Waals surface area (Å²) < 4.78 is 0. The molecule has 0 fully saturated rings. The SMILES string of the molecule is O=C(O)c1cccc(C(=O)O)c1.[NaH].[NaH]. The Morgan fingerprint density at radius 1 is 0.929 bits per heavy atom. The second-order valence-electron chi connectivity index (χ2n) is 2.19. The average Bonchev–Trinajstić information content (AvgIpc) is 2.04. The summed E-state index contributed by atoms with van der Waals surface area (Å²) in [4.78, 5) is 20.8. The molecule has 1 aromatic carbocycles. The van der Waals surface area contributed by atoms with E-state index >= 15 is 0 Å². The van der Waals surface area contributed by atoms with Gasteiger partial charge < -0.3 is 10.2 Å². The number of aromatic carboxylic acids is 2. The fourth-order valence-corrected chi connectivity index (χ4v) is 0.785. The molecule has 0 spiro atoms. The van der Waals surface area contributed by atoms with Crippen LogP contribution in [0.4, 0.5) is 0 Å². The van der Waals surface area contributed by atoms with Gasteiger partial charge in [0, 0.05) is 0 Å². The van der Waals surface area contributed by atoms with Crippen LogP contribution in [0.25, 0.3) is 0 Å². The number of rotatable bonds is 2. The van der Waals surface area contributed by atoms with Crippen molar-refractivity contribution in [2.45, 2.75) is 0 Å². The topological polar surface area (TPSA) is 74.6 Å². The minimum absolute atomic E-state index is 0. The summed E-state index contributed by atoms with van der Waals surface area (Å²) in [6, 6.07) is 5.20. The predicted molar refractivity (Wildman–Crippen MR) is 54.7 cm³/mol. The maximum absolute atomic E-state index is 10.4. The van der Waals surface area contributed by atoms with Crippen LogP contribution < -0.4 is 0 Å². The second-order valence-corrected chi connectivity index (χ2v) is 2.19. The van der Waals surface area contributed by atoms with Gasteiger partial charge >= 0.3 is 71.1 Å². The van der Waals surface area contributed by atoms with Gasteiger partial charge in [0.25, 0.3) is 0 Å². The molecular formula is C8H8Na2O4. The first-order chi connectivity index (χ1) is 5.61.